The molecule has 2 aromatic carbocycles. The van der Waals surface area contributed by atoms with E-state index in [0.29, 0.717) is 19.6 Å². The lowest BCUT2D eigenvalue weighted by Gasteiger charge is -2.10. The Bertz CT molecular complexity index is 1150. The molecule has 0 bridgehead atoms. The molecule has 2 heterocycles. The number of amides is 2. The van der Waals surface area contributed by atoms with Gasteiger partial charge in [-0.05, 0) is 43.2 Å². The number of hydrogen-bond acceptors (Lipinski definition) is 3. The molecule has 0 unspecified atom stereocenters. The van der Waals surface area contributed by atoms with E-state index in [0.717, 1.165) is 33.8 Å². The zero-order valence-electron chi connectivity index (χ0n) is 17.7. The zero-order chi connectivity index (χ0) is 21.6. The van der Waals surface area contributed by atoms with Gasteiger partial charge in [0.15, 0.2) is 0 Å². The lowest BCUT2D eigenvalue weighted by Crippen LogP contribution is -2.34. The fourth-order valence-electron chi connectivity index (χ4n) is 3.58. The first kappa shape index (κ1) is 20.4. The van der Waals surface area contributed by atoms with Crippen molar-refractivity contribution in [1.29, 1.82) is 0 Å². The number of aromatic nitrogens is 4. The van der Waals surface area contributed by atoms with Crippen LogP contribution in [0.5, 0.6) is 0 Å². The molecule has 0 aliphatic heterocycles. The van der Waals surface area contributed by atoms with Crippen molar-refractivity contribution in [2.24, 2.45) is 0 Å². The summed E-state index contributed by atoms with van der Waals surface area (Å²) in [4.78, 5) is 12.4. The van der Waals surface area contributed by atoms with Crippen LogP contribution in [0.1, 0.15) is 28.1 Å². The third-order valence-electron chi connectivity index (χ3n) is 5.22. The zero-order valence-corrected chi connectivity index (χ0v) is 17.7. The van der Waals surface area contributed by atoms with Gasteiger partial charge in [-0.25, -0.2) is 9.48 Å². The van der Waals surface area contributed by atoms with Gasteiger partial charge < -0.3 is 10.6 Å². The van der Waals surface area contributed by atoms with Gasteiger partial charge in [0.25, 0.3) is 0 Å². The van der Waals surface area contributed by atoms with Crippen LogP contribution < -0.4 is 10.6 Å². The Morgan fingerprint density at radius 3 is 2.48 bits per heavy atom. The molecule has 0 saturated carbocycles. The number of rotatable bonds is 7. The maximum atomic E-state index is 12.4. The Morgan fingerprint density at radius 1 is 0.935 bits per heavy atom. The lowest BCUT2D eigenvalue weighted by atomic mass is 10.1. The van der Waals surface area contributed by atoms with Gasteiger partial charge in [0, 0.05) is 36.7 Å². The monoisotopic (exact) mass is 414 g/mol. The lowest BCUT2D eigenvalue weighted by molar-refractivity contribution is 0.240. The van der Waals surface area contributed by atoms with Gasteiger partial charge >= 0.3 is 6.03 Å². The van der Waals surface area contributed by atoms with E-state index in [1.165, 1.54) is 0 Å². The second-order valence-electron chi connectivity index (χ2n) is 7.46. The van der Waals surface area contributed by atoms with E-state index in [9.17, 15) is 4.79 Å². The Kier molecular flexibility index (Phi) is 6.12. The largest absolute Gasteiger partial charge is 0.334 e. The third-order valence-corrected chi connectivity index (χ3v) is 5.22. The maximum Gasteiger partial charge on any atom is 0.315 e. The van der Waals surface area contributed by atoms with Crippen LogP contribution in [0.25, 0.3) is 5.69 Å². The summed E-state index contributed by atoms with van der Waals surface area (Å²) in [5.41, 5.74) is 6.16. The fourth-order valence-corrected chi connectivity index (χ4v) is 3.58. The quantitative estimate of drug-likeness (QED) is 0.484. The molecule has 2 aromatic heterocycles. The number of urea groups is 1. The first-order valence-corrected chi connectivity index (χ1v) is 10.3. The van der Waals surface area contributed by atoms with Crippen molar-refractivity contribution in [2.45, 2.75) is 33.5 Å². The topological polar surface area (TPSA) is 76.8 Å². The molecule has 4 aromatic rings. The molecule has 158 valence electrons. The minimum atomic E-state index is -0.205. The Morgan fingerprint density at radius 2 is 1.71 bits per heavy atom. The molecule has 0 aliphatic carbocycles. The average Bonchev–Trinajstić information content (AvgIpc) is 3.39. The van der Waals surface area contributed by atoms with Crippen LogP contribution in [-0.2, 0) is 19.6 Å². The van der Waals surface area contributed by atoms with E-state index in [-0.39, 0.29) is 6.03 Å². The predicted molar refractivity (Wildman–Crippen MR) is 120 cm³/mol. The van der Waals surface area contributed by atoms with Gasteiger partial charge in [-0.15, -0.1) is 0 Å². The molecule has 31 heavy (non-hydrogen) atoms. The fraction of sp³-hybridized carbons (Fsp3) is 0.208. The minimum absolute atomic E-state index is 0.205. The van der Waals surface area contributed by atoms with Gasteiger partial charge in [-0.3, -0.25) is 4.68 Å². The molecule has 0 fully saturated rings. The summed E-state index contributed by atoms with van der Waals surface area (Å²) >= 11 is 0. The highest BCUT2D eigenvalue weighted by Gasteiger charge is 2.13. The van der Waals surface area contributed by atoms with E-state index in [1.807, 2.05) is 77.9 Å². The number of nitrogens with zero attached hydrogens (tertiary/aromatic N) is 4. The van der Waals surface area contributed by atoms with Gasteiger partial charge in [-0.2, -0.15) is 10.2 Å². The summed E-state index contributed by atoms with van der Waals surface area (Å²) in [5.74, 6) is 0. The van der Waals surface area contributed by atoms with Crippen LogP contribution in [0.3, 0.4) is 0 Å². The molecule has 4 rings (SSSR count). The van der Waals surface area contributed by atoms with Gasteiger partial charge in [0.2, 0.25) is 0 Å². The van der Waals surface area contributed by atoms with Crippen LogP contribution in [0, 0.1) is 13.8 Å². The van der Waals surface area contributed by atoms with Gasteiger partial charge in [0.1, 0.15) is 0 Å². The van der Waals surface area contributed by atoms with Gasteiger partial charge in [-0.1, -0.05) is 42.5 Å². The highest BCUT2D eigenvalue weighted by Crippen LogP contribution is 2.17. The highest BCUT2D eigenvalue weighted by atomic mass is 16.2. The first-order chi connectivity index (χ1) is 15.1. The number of carbonyl (C=O) groups is 1. The number of nitrogens with one attached hydrogen (secondary N) is 2. The Labute approximate surface area is 181 Å². The molecule has 7 nitrogen and oxygen atoms in total. The van der Waals surface area contributed by atoms with E-state index >= 15 is 0 Å². The number of carbonyl (C=O) groups excluding carboxylic acids is 1. The van der Waals surface area contributed by atoms with Crippen molar-refractivity contribution < 1.29 is 4.79 Å². The molecule has 7 heteroatoms. The van der Waals surface area contributed by atoms with Crippen molar-refractivity contribution in [3.63, 3.8) is 0 Å². The first-order valence-electron chi connectivity index (χ1n) is 10.3. The van der Waals surface area contributed by atoms with Crippen molar-refractivity contribution >= 4 is 6.03 Å². The molecule has 2 N–H and O–H groups in total. The van der Waals surface area contributed by atoms with E-state index < -0.39 is 0 Å². The second kappa shape index (κ2) is 9.30. The molecule has 0 spiro atoms. The van der Waals surface area contributed by atoms with E-state index in [4.69, 9.17) is 0 Å². The summed E-state index contributed by atoms with van der Waals surface area (Å²) in [6.45, 7) is 5.58. The highest BCUT2D eigenvalue weighted by molar-refractivity contribution is 5.73. The number of benzene rings is 2. The van der Waals surface area contributed by atoms with E-state index in [2.05, 4.69) is 33.0 Å². The summed E-state index contributed by atoms with van der Waals surface area (Å²) < 4.78 is 3.79. The van der Waals surface area contributed by atoms with Crippen molar-refractivity contribution in [3.05, 3.63) is 101 Å². The Balaban J connectivity index is 1.33. The second-order valence-corrected chi connectivity index (χ2v) is 7.46. The summed E-state index contributed by atoms with van der Waals surface area (Å²) in [6, 6.07) is 19.8. The predicted octanol–water partition coefficient (Wildman–Crippen LogP) is 3.73. The van der Waals surface area contributed by atoms with Gasteiger partial charge in [0.05, 0.1) is 17.9 Å². The molecule has 0 radical (unpaired) electrons. The van der Waals surface area contributed by atoms with Crippen LogP contribution in [0.2, 0.25) is 0 Å². The number of hydrogen-bond donors (Lipinski definition) is 2. The molecule has 0 saturated heterocycles. The minimum Gasteiger partial charge on any atom is -0.334 e. The van der Waals surface area contributed by atoms with Crippen LogP contribution in [-0.4, -0.2) is 25.6 Å². The van der Waals surface area contributed by atoms with Crippen LogP contribution in [0.4, 0.5) is 4.79 Å². The van der Waals surface area contributed by atoms with Crippen molar-refractivity contribution in [3.8, 4) is 5.69 Å². The Hall–Kier alpha value is -3.87. The number of aryl methyl sites for hydroxylation is 1. The molecule has 0 aliphatic rings. The van der Waals surface area contributed by atoms with Crippen molar-refractivity contribution in [2.75, 3.05) is 0 Å². The average molecular weight is 415 g/mol. The third kappa shape index (κ3) is 5.01. The summed E-state index contributed by atoms with van der Waals surface area (Å²) in [6.07, 6.45) is 3.70. The standard InChI is InChI=1S/C24H26N6O/c1-18-23(19(2)30(28-18)22-10-4-3-5-11-22)16-26-24(31)25-15-20-8-6-9-21(14-20)17-29-13-7-12-27-29/h3-14H,15-17H2,1-2H3,(H2,25,26,31). The molecule has 0 atom stereocenters. The van der Waals surface area contributed by atoms with Crippen LogP contribution >= 0.6 is 0 Å². The number of para-hydroxylation sites is 1. The molecular weight excluding hydrogens is 388 g/mol. The normalized spacial score (nSPS) is 10.8. The molecule has 2 amide bonds. The summed E-state index contributed by atoms with van der Waals surface area (Å²) in [5, 5.41) is 14.7. The summed E-state index contributed by atoms with van der Waals surface area (Å²) in [7, 11) is 0. The molecular formula is C24H26N6O. The maximum absolute atomic E-state index is 12.4. The smallest absolute Gasteiger partial charge is 0.315 e. The van der Waals surface area contributed by atoms with E-state index in [1.54, 1.807) is 6.20 Å². The van der Waals surface area contributed by atoms with Crippen LogP contribution in [0.15, 0.2) is 73.1 Å². The van der Waals surface area contributed by atoms with Crippen molar-refractivity contribution in [1.82, 2.24) is 30.2 Å². The SMILES string of the molecule is Cc1nn(-c2ccccc2)c(C)c1CNC(=O)NCc1cccc(Cn2cccn2)c1.